The molecule has 3 rings (SSSR count). The number of anilines is 1. The third-order valence-corrected chi connectivity index (χ3v) is 4.42. The lowest BCUT2D eigenvalue weighted by atomic mass is 10.1. The number of hydrogen-bond acceptors (Lipinski definition) is 4. The van der Waals surface area contributed by atoms with Gasteiger partial charge >= 0.3 is 0 Å². The minimum Gasteiger partial charge on any atom is -0.362 e. The molecule has 0 aliphatic heterocycles. The smallest absolute Gasteiger partial charge is 0.274 e. The number of hydrogen-bond donors (Lipinski definition) is 1. The summed E-state index contributed by atoms with van der Waals surface area (Å²) in [5.41, 5.74) is 2.61. The molecular weight excluding hydrogens is 336 g/mol. The first-order chi connectivity index (χ1) is 13.2. The third-order valence-electron chi connectivity index (χ3n) is 4.42. The van der Waals surface area contributed by atoms with E-state index in [-0.39, 0.29) is 11.9 Å². The molecule has 0 aliphatic rings. The molecule has 0 spiro atoms. The van der Waals surface area contributed by atoms with Gasteiger partial charge in [-0.2, -0.15) is 0 Å². The molecule has 1 amide bonds. The highest BCUT2D eigenvalue weighted by Crippen LogP contribution is 2.17. The monoisotopic (exact) mass is 360 g/mol. The van der Waals surface area contributed by atoms with Gasteiger partial charge in [-0.25, -0.2) is 9.97 Å². The predicted molar refractivity (Wildman–Crippen MR) is 107 cm³/mol. The van der Waals surface area contributed by atoms with Gasteiger partial charge in [0.2, 0.25) is 0 Å². The van der Waals surface area contributed by atoms with Crippen molar-refractivity contribution >= 4 is 11.7 Å². The first-order valence-electron chi connectivity index (χ1n) is 9.14. The minimum atomic E-state index is -0.114. The summed E-state index contributed by atoms with van der Waals surface area (Å²) in [7, 11) is 0. The Hall–Kier alpha value is -3.21. The summed E-state index contributed by atoms with van der Waals surface area (Å²) < 4.78 is 0. The molecule has 1 heterocycles. The minimum absolute atomic E-state index is 0.104. The topological polar surface area (TPSA) is 58.1 Å². The fraction of sp³-hybridized carbons (Fsp3) is 0.227. The van der Waals surface area contributed by atoms with Crippen LogP contribution in [0.2, 0.25) is 0 Å². The molecule has 5 heteroatoms. The fourth-order valence-corrected chi connectivity index (χ4v) is 2.85. The summed E-state index contributed by atoms with van der Waals surface area (Å²) in [6.07, 6.45) is 3.15. The van der Waals surface area contributed by atoms with E-state index in [4.69, 9.17) is 0 Å². The molecule has 0 bridgehead atoms. The van der Waals surface area contributed by atoms with E-state index in [9.17, 15) is 4.79 Å². The van der Waals surface area contributed by atoms with Crippen molar-refractivity contribution in [2.24, 2.45) is 0 Å². The lowest BCUT2D eigenvalue weighted by Gasteiger charge is -2.20. The lowest BCUT2D eigenvalue weighted by Crippen LogP contribution is -2.31. The maximum Gasteiger partial charge on any atom is 0.274 e. The number of amides is 1. The highest BCUT2D eigenvalue weighted by atomic mass is 16.2. The van der Waals surface area contributed by atoms with Gasteiger partial charge < -0.3 is 10.2 Å². The zero-order chi connectivity index (χ0) is 19.1. The molecule has 1 atom stereocenters. The van der Waals surface area contributed by atoms with E-state index in [0.717, 1.165) is 5.56 Å². The Morgan fingerprint density at radius 2 is 1.67 bits per heavy atom. The van der Waals surface area contributed by atoms with Crippen LogP contribution in [0.25, 0.3) is 0 Å². The number of carbonyl (C=O) groups excluding carboxylic acids is 1. The van der Waals surface area contributed by atoms with Crippen molar-refractivity contribution in [1.82, 2.24) is 14.9 Å². The van der Waals surface area contributed by atoms with E-state index in [2.05, 4.69) is 34.3 Å². The van der Waals surface area contributed by atoms with Gasteiger partial charge in [0.25, 0.3) is 5.91 Å². The fourth-order valence-electron chi connectivity index (χ4n) is 2.85. The number of carbonyl (C=O) groups is 1. The van der Waals surface area contributed by atoms with Gasteiger partial charge in [0, 0.05) is 19.1 Å². The maximum atomic E-state index is 12.7. The molecular formula is C22H24N4O. The van der Waals surface area contributed by atoms with E-state index in [1.807, 2.05) is 55.5 Å². The van der Waals surface area contributed by atoms with Gasteiger partial charge in [0.15, 0.2) is 0 Å². The van der Waals surface area contributed by atoms with E-state index in [1.54, 1.807) is 11.1 Å². The zero-order valence-corrected chi connectivity index (χ0v) is 15.7. The Kier molecular flexibility index (Phi) is 6.15. The van der Waals surface area contributed by atoms with Crippen LogP contribution in [0.15, 0.2) is 73.1 Å². The summed E-state index contributed by atoms with van der Waals surface area (Å²) in [5, 5.41) is 3.31. The molecule has 0 aliphatic carbocycles. The molecule has 27 heavy (non-hydrogen) atoms. The highest BCUT2D eigenvalue weighted by Gasteiger charge is 2.16. The SMILES string of the molecule is CCN(Cc1ccccc1)C(=O)c1cnc(NC(C)c2ccccc2)cn1. The van der Waals surface area contributed by atoms with Gasteiger partial charge in [-0.15, -0.1) is 0 Å². The van der Waals surface area contributed by atoms with Crippen LogP contribution < -0.4 is 5.32 Å². The second kappa shape index (κ2) is 8.94. The van der Waals surface area contributed by atoms with Gasteiger partial charge in [0.05, 0.1) is 12.4 Å². The van der Waals surface area contributed by atoms with Crippen LogP contribution in [0.1, 0.15) is 41.5 Å². The Bertz CT molecular complexity index is 851. The highest BCUT2D eigenvalue weighted by molar-refractivity contribution is 5.92. The first-order valence-corrected chi connectivity index (χ1v) is 9.14. The second-order valence-electron chi connectivity index (χ2n) is 6.37. The van der Waals surface area contributed by atoms with Gasteiger partial charge in [-0.05, 0) is 25.0 Å². The van der Waals surface area contributed by atoms with Crippen molar-refractivity contribution in [2.75, 3.05) is 11.9 Å². The molecule has 3 aromatic rings. The largest absolute Gasteiger partial charge is 0.362 e. The molecule has 0 radical (unpaired) electrons. The summed E-state index contributed by atoms with van der Waals surface area (Å²) in [6, 6.07) is 20.2. The third kappa shape index (κ3) is 4.91. The van der Waals surface area contributed by atoms with E-state index < -0.39 is 0 Å². The van der Waals surface area contributed by atoms with Gasteiger partial charge in [-0.1, -0.05) is 60.7 Å². The number of nitrogens with zero attached hydrogens (tertiary/aromatic N) is 3. The standard InChI is InChI=1S/C22H24N4O/c1-3-26(16-18-10-6-4-7-11-18)22(27)20-14-24-21(15-23-20)25-17(2)19-12-8-5-9-13-19/h4-15,17H,3,16H2,1-2H3,(H,24,25). The molecule has 0 fully saturated rings. The number of aromatic nitrogens is 2. The number of benzene rings is 2. The first kappa shape index (κ1) is 18.6. The Morgan fingerprint density at radius 1 is 1.00 bits per heavy atom. The lowest BCUT2D eigenvalue weighted by molar-refractivity contribution is 0.0746. The number of rotatable bonds is 7. The van der Waals surface area contributed by atoms with Crippen LogP contribution in [-0.4, -0.2) is 27.3 Å². The van der Waals surface area contributed by atoms with E-state index >= 15 is 0 Å². The van der Waals surface area contributed by atoms with Gasteiger partial charge in [-0.3, -0.25) is 4.79 Å². The second-order valence-corrected chi connectivity index (χ2v) is 6.37. The normalized spacial score (nSPS) is 11.6. The average molecular weight is 360 g/mol. The van der Waals surface area contributed by atoms with Crippen LogP contribution in [0.4, 0.5) is 5.82 Å². The van der Waals surface area contributed by atoms with E-state index in [0.29, 0.717) is 24.6 Å². The van der Waals surface area contributed by atoms with Crippen molar-refractivity contribution < 1.29 is 4.79 Å². The molecule has 138 valence electrons. The molecule has 1 N–H and O–H groups in total. The van der Waals surface area contributed by atoms with Crippen LogP contribution in [0.3, 0.4) is 0 Å². The predicted octanol–water partition coefficient (Wildman–Crippen LogP) is 4.31. The summed E-state index contributed by atoms with van der Waals surface area (Å²) in [4.78, 5) is 23.2. The van der Waals surface area contributed by atoms with Crippen LogP contribution >= 0.6 is 0 Å². The van der Waals surface area contributed by atoms with Crippen LogP contribution in [0, 0.1) is 0 Å². The molecule has 0 saturated carbocycles. The molecule has 0 saturated heterocycles. The zero-order valence-electron chi connectivity index (χ0n) is 15.7. The molecule has 1 aromatic heterocycles. The molecule has 2 aromatic carbocycles. The van der Waals surface area contributed by atoms with Crippen LogP contribution in [-0.2, 0) is 6.54 Å². The number of nitrogens with one attached hydrogen (secondary N) is 1. The van der Waals surface area contributed by atoms with Crippen molar-refractivity contribution in [1.29, 1.82) is 0 Å². The Morgan fingerprint density at radius 3 is 2.26 bits per heavy atom. The van der Waals surface area contributed by atoms with Crippen molar-refractivity contribution in [2.45, 2.75) is 26.4 Å². The van der Waals surface area contributed by atoms with E-state index in [1.165, 1.54) is 11.8 Å². The summed E-state index contributed by atoms with van der Waals surface area (Å²) in [5.74, 6) is 0.533. The summed E-state index contributed by atoms with van der Waals surface area (Å²) >= 11 is 0. The maximum absolute atomic E-state index is 12.7. The van der Waals surface area contributed by atoms with Crippen molar-refractivity contribution in [3.63, 3.8) is 0 Å². The average Bonchev–Trinajstić information content (AvgIpc) is 2.73. The Balaban J connectivity index is 1.65. The van der Waals surface area contributed by atoms with Crippen molar-refractivity contribution in [3.05, 3.63) is 89.9 Å². The molecule has 1 unspecified atom stereocenters. The van der Waals surface area contributed by atoms with Crippen LogP contribution in [0.5, 0.6) is 0 Å². The van der Waals surface area contributed by atoms with Gasteiger partial charge in [0.1, 0.15) is 11.5 Å². The van der Waals surface area contributed by atoms with Crippen molar-refractivity contribution in [3.8, 4) is 0 Å². The quantitative estimate of drug-likeness (QED) is 0.682. The summed E-state index contributed by atoms with van der Waals surface area (Å²) in [6.45, 7) is 5.20. The Labute approximate surface area is 160 Å². The molecule has 5 nitrogen and oxygen atoms in total.